The van der Waals surface area contributed by atoms with Gasteiger partial charge in [0.15, 0.2) is 5.78 Å². The van der Waals surface area contributed by atoms with Gasteiger partial charge >= 0.3 is 18.2 Å². The number of carboxylic acid groups (broad SMARTS) is 1. The molecule has 2 aliphatic rings. The zero-order valence-electron chi connectivity index (χ0n) is 18.3. The number of fused-ring (bicyclic) bond motifs is 2. The van der Waals surface area contributed by atoms with Crippen molar-refractivity contribution >= 4 is 23.9 Å². The molecule has 9 nitrogen and oxygen atoms in total. The highest BCUT2D eigenvalue weighted by molar-refractivity contribution is 6.05. The first-order valence-electron chi connectivity index (χ1n) is 9.88. The van der Waals surface area contributed by atoms with Gasteiger partial charge in [-0.05, 0) is 48.0 Å². The van der Waals surface area contributed by atoms with Gasteiger partial charge in [-0.2, -0.15) is 0 Å². The lowest BCUT2D eigenvalue weighted by Crippen LogP contribution is -2.73. The van der Waals surface area contributed by atoms with E-state index in [0.29, 0.717) is 0 Å². The van der Waals surface area contributed by atoms with Crippen molar-refractivity contribution in [3.63, 3.8) is 0 Å². The van der Waals surface area contributed by atoms with E-state index in [4.69, 9.17) is 9.47 Å². The van der Waals surface area contributed by atoms with Crippen molar-refractivity contribution in [2.75, 3.05) is 13.1 Å². The first-order valence-corrected chi connectivity index (χ1v) is 9.88. The Labute approximate surface area is 171 Å². The summed E-state index contributed by atoms with van der Waals surface area (Å²) >= 11 is 0. The van der Waals surface area contributed by atoms with Crippen molar-refractivity contribution in [3.8, 4) is 0 Å². The van der Waals surface area contributed by atoms with E-state index in [1.165, 1.54) is 9.80 Å². The number of Topliss-reactive ketones (excluding diaryl/α,β-unsaturated/α-hetero) is 1. The number of rotatable bonds is 2. The molecule has 0 aromatic rings. The lowest BCUT2D eigenvalue weighted by Gasteiger charge is -2.55. The van der Waals surface area contributed by atoms with Crippen LogP contribution in [0.5, 0.6) is 0 Å². The molecule has 2 bridgehead atoms. The highest BCUT2D eigenvalue weighted by Crippen LogP contribution is 2.43. The van der Waals surface area contributed by atoms with Crippen LogP contribution in [0.25, 0.3) is 0 Å². The van der Waals surface area contributed by atoms with Gasteiger partial charge in [-0.3, -0.25) is 14.5 Å². The largest absolute Gasteiger partial charge is 0.480 e. The van der Waals surface area contributed by atoms with E-state index in [2.05, 4.69) is 0 Å². The minimum absolute atomic E-state index is 0.00000957. The quantitative estimate of drug-likeness (QED) is 0.694. The topological polar surface area (TPSA) is 113 Å². The summed E-state index contributed by atoms with van der Waals surface area (Å²) in [5, 5.41) is 9.98. The van der Waals surface area contributed by atoms with E-state index in [1.807, 2.05) is 0 Å². The Morgan fingerprint density at radius 3 is 2.00 bits per heavy atom. The molecule has 164 valence electrons. The number of carboxylic acids is 1. The predicted molar refractivity (Wildman–Crippen MR) is 103 cm³/mol. The number of hydrogen-bond donors (Lipinski definition) is 1. The van der Waals surface area contributed by atoms with Crippen LogP contribution in [-0.4, -0.2) is 75.2 Å². The summed E-state index contributed by atoms with van der Waals surface area (Å²) in [6, 6.07) is -1.70. The molecule has 0 radical (unpaired) electrons. The predicted octanol–water partition coefficient (Wildman–Crippen LogP) is 2.67. The molecule has 1 N–H and O–H groups in total. The highest BCUT2D eigenvalue weighted by Gasteiger charge is 2.62. The van der Waals surface area contributed by atoms with Crippen LogP contribution in [0, 0.1) is 5.41 Å². The van der Waals surface area contributed by atoms with Gasteiger partial charge in [0.05, 0.1) is 12.1 Å². The molecule has 3 unspecified atom stereocenters. The van der Waals surface area contributed by atoms with Crippen molar-refractivity contribution < 1.29 is 33.8 Å². The van der Waals surface area contributed by atoms with Gasteiger partial charge in [0.1, 0.15) is 16.6 Å². The van der Waals surface area contributed by atoms with Crippen molar-refractivity contribution in [1.82, 2.24) is 9.80 Å². The molecular formula is C20H32N2O7. The molecule has 2 rings (SSSR count). The van der Waals surface area contributed by atoms with Gasteiger partial charge in [-0.25, -0.2) is 9.59 Å². The number of likely N-dealkylation sites (tertiary alicyclic amines) is 1. The molecule has 0 aliphatic carbocycles. The standard InChI is InChI=1S/C20H32N2O7/c1-8-20(15(24)25)13-11-21(16(26)28-18(2,3)4)10-12(9-14(20)23)22(13)17(27)29-19(5,6)7/h12-13H,8-11H2,1-7H3,(H,24,25). The van der Waals surface area contributed by atoms with Crippen LogP contribution in [0.1, 0.15) is 61.3 Å². The van der Waals surface area contributed by atoms with Crippen LogP contribution in [0.3, 0.4) is 0 Å². The number of carbonyl (C=O) groups is 4. The van der Waals surface area contributed by atoms with E-state index in [-0.39, 0.29) is 25.9 Å². The zero-order chi connectivity index (χ0) is 22.4. The fourth-order valence-electron chi connectivity index (χ4n) is 4.02. The minimum atomic E-state index is -1.80. The molecule has 2 heterocycles. The van der Waals surface area contributed by atoms with Crippen molar-refractivity contribution in [3.05, 3.63) is 0 Å². The molecule has 0 saturated carbocycles. The number of piperazine rings is 1. The fraction of sp³-hybridized carbons (Fsp3) is 0.800. The van der Waals surface area contributed by atoms with Gasteiger partial charge < -0.3 is 19.5 Å². The second kappa shape index (κ2) is 7.50. The molecule has 0 aromatic carbocycles. The maximum atomic E-state index is 12.9. The van der Waals surface area contributed by atoms with Gasteiger partial charge in [0.2, 0.25) is 0 Å². The van der Waals surface area contributed by atoms with E-state index in [1.54, 1.807) is 48.5 Å². The van der Waals surface area contributed by atoms with Crippen LogP contribution in [0.4, 0.5) is 9.59 Å². The van der Waals surface area contributed by atoms with Crippen molar-refractivity contribution in [2.24, 2.45) is 5.41 Å². The average molecular weight is 412 g/mol. The number of aliphatic carboxylic acids is 1. The smallest absolute Gasteiger partial charge is 0.410 e. The number of piperidine rings is 1. The maximum Gasteiger partial charge on any atom is 0.410 e. The Morgan fingerprint density at radius 1 is 1.03 bits per heavy atom. The molecule has 9 heteroatoms. The molecule has 0 spiro atoms. The highest BCUT2D eigenvalue weighted by atomic mass is 16.6. The van der Waals surface area contributed by atoms with Crippen LogP contribution in [0.15, 0.2) is 0 Å². The second-order valence-electron chi connectivity index (χ2n) is 9.70. The average Bonchev–Trinajstić information content (AvgIpc) is 2.50. The van der Waals surface area contributed by atoms with Crippen molar-refractivity contribution in [2.45, 2.75) is 84.6 Å². The third-order valence-electron chi connectivity index (χ3n) is 5.24. The normalized spacial score (nSPS) is 27.5. The summed E-state index contributed by atoms with van der Waals surface area (Å²) < 4.78 is 10.9. The Kier molecular flexibility index (Phi) is 5.94. The number of ketones is 1. The lowest BCUT2D eigenvalue weighted by molar-refractivity contribution is -0.170. The molecule has 2 saturated heterocycles. The van der Waals surface area contributed by atoms with Gasteiger partial charge in [-0.1, -0.05) is 6.92 Å². The first-order chi connectivity index (χ1) is 13.1. The van der Waals surface area contributed by atoms with E-state index in [9.17, 15) is 24.3 Å². The maximum absolute atomic E-state index is 12.9. The fourth-order valence-corrected chi connectivity index (χ4v) is 4.02. The Morgan fingerprint density at radius 2 is 1.55 bits per heavy atom. The summed E-state index contributed by atoms with van der Waals surface area (Å²) in [7, 11) is 0. The number of carbonyl (C=O) groups excluding carboxylic acids is 3. The number of amides is 2. The molecule has 2 amide bonds. The Hall–Kier alpha value is -2.32. The summed E-state index contributed by atoms with van der Waals surface area (Å²) in [6.45, 7) is 11.9. The van der Waals surface area contributed by atoms with E-state index >= 15 is 0 Å². The van der Waals surface area contributed by atoms with Crippen LogP contribution in [0.2, 0.25) is 0 Å². The second-order valence-corrected chi connectivity index (χ2v) is 9.70. The van der Waals surface area contributed by atoms with Crippen LogP contribution >= 0.6 is 0 Å². The molecule has 3 atom stereocenters. The lowest BCUT2D eigenvalue weighted by atomic mass is 9.67. The van der Waals surface area contributed by atoms with E-state index < -0.39 is 52.6 Å². The number of ether oxygens (including phenoxy) is 2. The molecule has 0 aromatic heterocycles. The summed E-state index contributed by atoms with van der Waals surface area (Å²) in [4.78, 5) is 53.4. The van der Waals surface area contributed by atoms with Gasteiger partial charge in [-0.15, -0.1) is 0 Å². The number of nitrogens with zero attached hydrogens (tertiary/aromatic N) is 2. The van der Waals surface area contributed by atoms with Gasteiger partial charge in [0, 0.05) is 19.5 Å². The molecule has 2 fully saturated rings. The van der Waals surface area contributed by atoms with Crippen LogP contribution < -0.4 is 0 Å². The first kappa shape index (κ1) is 23.0. The van der Waals surface area contributed by atoms with Crippen LogP contribution in [-0.2, 0) is 19.1 Å². The van der Waals surface area contributed by atoms with Gasteiger partial charge in [0.25, 0.3) is 0 Å². The van der Waals surface area contributed by atoms with Crippen molar-refractivity contribution in [1.29, 1.82) is 0 Å². The molecule has 2 aliphatic heterocycles. The summed E-state index contributed by atoms with van der Waals surface area (Å²) in [5.74, 6) is -1.72. The SMILES string of the molecule is CCC1(C(=O)O)C(=O)CC2CN(C(=O)OC(C)(C)C)CC1N2C(=O)OC(C)(C)C. The molecule has 29 heavy (non-hydrogen) atoms. The zero-order valence-corrected chi connectivity index (χ0v) is 18.3. The molecular weight excluding hydrogens is 380 g/mol. The number of hydrogen-bond acceptors (Lipinski definition) is 6. The Balaban J connectivity index is 2.46. The summed E-state index contributed by atoms with van der Waals surface area (Å²) in [5.41, 5.74) is -3.30. The summed E-state index contributed by atoms with van der Waals surface area (Å²) in [6.07, 6.45) is -1.43. The monoisotopic (exact) mass is 412 g/mol. The van der Waals surface area contributed by atoms with E-state index in [0.717, 1.165) is 0 Å². The third-order valence-corrected chi connectivity index (χ3v) is 5.24. The Bertz CT molecular complexity index is 707. The minimum Gasteiger partial charge on any atom is -0.480 e. The third kappa shape index (κ3) is 4.48.